The van der Waals surface area contributed by atoms with Crippen molar-refractivity contribution in [2.45, 2.75) is 18.6 Å². The summed E-state index contributed by atoms with van der Waals surface area (Å²) in [5.41, 5.74) is 2.32. The molecule has 3 N–H and O–H groups in total. The highest BCUT2D eigenvalue weighted by Gasteiger charge is 2.41. The van der Waals surface area contributed by atoms with Crippen LogP contribution in [0, 0.1) is 17.5 Å². The summed E-state index contributed by atoms with van der Waals surface area (Å²) in [6.45, 7) is 0. The number of ether oxygens (including phenoxy) is 1. The molecule has 1 saturated carbocycles. The second kappa shape index (κ2) is 4.86. The molecule has 0 bridgehead atoms. The summed E-state index contributed by atoms with van der Waals surface area (Å²) in [6, 6.07) is -0.965. The van der Waals surface area contributed by atoms with Crippen LogP contribution < -0.4 is 15.9 Å². The number of halogens is 4. The van der Waals surface area contributed by atoms with E-state index in [-0.39, 0.29) is 6.42 Å². The quantitative estimate of drug-likeness (QED) is 0.381. The average Bonchev–Trinajstić information content (AvgIpc) is 3.20. The van der Waals surface area contributed by atoms with Gasteiger partial charge in [0.15, 0.2) is 23.2 Å². The van der Waals surface area contributed by atoms with Crippen LogP contribution in [0.4, 0.5) is 28.0 Å². The Hall–Kier alpha value is -2.78. The zero-order valence-electron chi connectivity index (χ0n) is 11.1. The fourth-order valence-corrected chi connectivity index (χ4v) is 2.38. The molecule has 2 atom stereocenters. The molecule has 23 heavy (non-hydrogen) atoms. The molecule has 0 radical (unpaired) electrons. The number of alkyl halides is 1. The summed E-state index contributed by atoms with van der Waals surface area (Å²) in [6.07, 6.45) is -2.60. The number of hydrogen-bond acceptors (Lipinski definition) is 4. The highest BCUT2D eigenvalue weighted by molar-refractivity contribution is 5.92. The van der Waals surface area contributed by atoms with Crippen molar-refractivity contribution in [3.8, 4) is 5.75 Å². The number of pyridine rings is 1. The van der Waals surface area contributed by atoms with Crippen LogP contribution in [0.3, 0.4) is 0 Å². The Kier molecular flexibility index (Phi) is 3.20. The van der Waals surface area contributed by atoms with Crippen molar-refractivity contribution in [3.63, 3.8) is 0 Å². The van der Waals surface area contributed by atoms with Gasteiger partial charge in [-0.05, 0) is 0 Å². The normalized spacial score (nSPS) is 19.8. The number of benzene rings is 1. The fraction of sp³-hybridized carbons (Fsp3) is 0.231. The number of anilines is 1. The van der Waals surface area contributed by atoms with Crippen LogP contribution in [0.1, 0.15) is 12.5 Å². The van der Waals surface area contributed by atoms with E-state index >= 15 is 0 Å². The number of rotatable bonds is 2. The number of carbonyl (C=O) groups is 1. The molecule has 0 saturated heterocycles. The van der Waals surface area contributed by atoms with Crippen molar-refractivity contribution in [1.82, 2.24) is 4.57 Å². The number of carboxylic acid groups (broad SMARTS) is 1. The molecule has 3 rings (SSSR count). The number of nitrogens with two attached hydrogens (primary N) is 1. The van der Waals surface area contributed by atoms with Gasteiger partial charge in [0.25, 0.3) is 0 Å². The third-order valence-corrected chi connectivity index (χ3v) is 3.54. The third-order valence-electron chi connectivity index (χ3n) is 3.54. The molecule has 1 aliphatic carbocycles. The maximum absolute atomic E-state index is 14.1. The maximum atomic E-state index is 14.1. The molecule has 1 heterocycles. The van der Waals surface area contributed by atoms with E-state index in [1.807, 2.05) is 0 Å². The molecule has 0 aliphatic heterocycles. The van der Waals surface area contributed by atoms with E-state index in [0.29, 0.717) is 0 Å². The number of nitrogens with zero attached hydrogens (tertiary/aromatic N) is 1. The average molecular weight is 332 g/mol. The molecule has 1 aliphatic rings. The third kappa shape index (κ3) is 2.17. The zero-order chi connectivity index (χ0) is 17.0. The van der Waals surface area contributed by atoms with Gasteiger partial charge in [-0.25, -0.2) is 22.4 Å². The molecule has 1 aromatic carbocycles. The van der Waals surface area contributed by atoms with Gasteiger partial charge < -0.3 is 20.1 Å². The number of aromatic nitrogens is 1. The van der Waals surface area contributed by atoms with Crippen LogP contribution in [-0.4, -0.2) is 22.0 Å². The summed E-state index contributed by atoms with van der Waals surface area (Å²) in [5.74, 6) is -6.24. The summed E-state index contributed by atoms with van der Waals surface area (Å²) >= 11 is 0. The van der Waals surface area contributed by atoms with Gasteiger partial charge >= 0.3 is 6.16 Å². The smallest absolute Gasteiger partial charge is 0.449 e. The highest BCUT2D eigenvalue weighted by atomic mass is 19.2. The van der Waals surface area contributed by atoms with Gasteiger partial charge in [0, 0.05) is 6.42 Å². The summed E-state index contributed by atoms with van der Waals surface area (Å²) < 4.78 is 59.6. The first-order chi connectivity index (χ1) is 10.7. The van der Waals surface area contributed by atoms with Crippen LogP contribution >= 0.6 is 0 Å². The van der Waals surface area contributed by atoms with E-state index in [0.717, 1.165) is 10.8 Å². The molecule has 1 fully saturated rings. The van der Waals surface area contributed by atoms with E-state index in [1.54, 1.807) is 0 Å². The van der Waals surface area contributed by atoms with Crippen molar-refractivity contribution in [3.05, 3.63) is 33.9 Å². The summed E-state index contributed by atoms with van der Waals surface area (Å²) in [4.78, 5) is 22.8. The Balaban J connectivity index is 2.46. The first-order valence-electron chi connectivity index (χ1n) is 6.29. The largest absolute Gasteiger partial charge is 0.511 e. The first kappa shape index (κ1) is 15.1. The zero-order valence-corrected chi connectivity index (χ0v) is 11.1. The lowest BCUT2D eigenvalue weighted by molar-refractivity contribution is 0.143. The molecule has 10 heteroatoms. The standard InChI is InChI=1S/C13H8F4N2O4/c14-3-1-4(3)19-2-5(23-13(21)22)12(20)6-10(18)8(16)7(15)9(17)11(6)19/h2-4H,1,18H2,(H,21,22)/t3-,4+/m0/s1. The topological polar surface area (TPSA) is 94.6 Å². The molecular formula is C13H8F4N2O4. The van der Waals surface area contributed by atoms with E-state index in [1.165, 1.54) is 0 Å². The van der Waals surface area contributed by atoms with Crippen molar-refractivity contribution < 1.29 is 32.2 Å². The molecule has 6 nitrogen and oxygen atoms in total. The fourth-order valence-electron chi connectivity index (χ4n) is 2.38. The minimum atomic E-state index is -1.91. The number of nitrogen functional groups attached to an aromatic ring is 1. The minimum absolute atomic E-state index is 0.0666. The Morgan fingerprint density at radius 2 is 1.91 bits per heavy atom. The first-order valence-corrected chi connectivity index (χ1v) is 6.29. The Labute approximate surface area is 124 Å². The predicted octanol–water partition coefficient (Wildman–Crippen LogP) is 2.34. The number of hydrogen-bond donors (Lipinski definition) is 2. The van der Waals surface area contributed by atoms with E-state index in [2.05, 4.69) is 4.74 Å². The Morgan fingerprint density at radius 3 is 2.43 bits per heavy atom. The predicted molar refractivity (Wildman–Crippen MR) is 69.7 cm³/mol. The van der Waals surface area contributed by atoms with Crippen LogP contribution in [0.5, 0.6) is 5.75 Å². The molecular weight excluding hydrogens is 324 g/mol. The van der Waals surface area contributed by atoms with Crippen molar-refractivity contribution in [1.29, 1.82) is 0 Å². The lowest BCUT2D eigenvalue weighted by Gasteiger charge is -2.15. The van der Waals surface area contributed by atoms with Crippen molar-refractivity contribution in [2.75, 3.05) is 5.73 Å². The van der Waals surface area contributed by atoms with Crippen LogP contribution in [0.2, 0.25) is 0 Å². The lowest BCUT2D eigenvalue weighted by Crippen LogP contribution is -2.19. The minimum Gasteiger partial charge on any atom is -0.449 e. The monoisotopic (exact) mass is 332 g/mol. The van der Waals surface area contributed by atoms with Gasteiger partial charge in [-0.3, -0.25) is 4.79 Å². The van der Waals surface area contributed by atoms with Crippen molar-refractivity contribution in [2.24, 2.45) is 0 Å². The van der Waals surface area contributed by atoms with Crippen LogP contribution in [0.25, 0.3) is 10.9 Å². The van der Waals surface area contributed by atoms with Gasteiger partial charge in [0.05, 0.1) is 28.8 Å². The van der Waals surface area contributed by atoms with E-state index < -0.39 is 63.6 Å². The van der Waals surface area contributed by atoms with E-state index in [4.69, 9.17) is 10.8 Å². The second-order valence-corrected chi connectivity index (χ2v) is 5.00. The van der Waals surface area contributed by atoms with E-state index in [9.17, 15) is 27.2 Å². The number of fused-ring (bicyclic) bond motifs is 1. The molecule has 0 spiro atoms. The van der Waals surface area contributed by atoms with Gasteiger partial charge in [-0.2, -0.15) is 0 Å². The molecule has 0 amide bonds. The summed E-state index contributed by atoms with van der Waals surface area (Å²) in [5, 5.41) is 7.79. The highest BCUT2D eigenvalue weighted by Crippen LogP contribution is 2.42. The van der Waals surface area contributed by atoms with Crippen LogP contribution in [0.15, 0.2) is 11.0 Å². The van der Waals surface area contributed by atoms with Gasteiger partial charge in [0.2, 0.25) is 5.43 Å². The van der Waals surface area contributed by atoms with Gasteiger partial charge in [-0.1, -0.05) is 0 Å². The molecule has 122 valence electrons. The maximum Gasteiger partial charge on any atom is 0.511 e. The lowest BCUT2D eigenvalue weighted by atomic mass is 10.1. The van der Waals surface area contributed by atoms with Gasteiger partial charge in [-0.15, -0.1) is 0 Å². The molecule has 0 unspecified atom stereocenters. The van der Waals surface area contributed by atoms with Crippen LogP contribution in [-0.2, 0) is 0 Å². The summed E-state index contributed by atoms with van der Waals surface area (Å²) in [7, 11) is 0. The Bertz CT molecular complexity index is 911. The van der Waals surface area contributed by atoms with Gasteiger partial charge in [0.1, 0.15) is 6.17 Å². The second-order valence-electron chi connectivity index (χ2n) is 5.00. The molecule has 2 aromatic rings. The SMILES string of the molecule is Nc1c(F)c(F)c(F)c2c1c(=O)c(OC(=O)O)cn2[C@@H]1C[C@@H]1F. The molecule has 1 aromatic heterocycles. The van der Waals surface area contributed by atoms with Crippen molar-refractivity contribution >= 4 is 22.7 Å². The Morgan fingerprint density at radius 1 is 1.30 bits per heavy atom.